The van der Waals surface area contributed by atoms with Crippen LogP contribution in [0.3, 0.4) is 0 Å². The van der Waals surface area contributed by atoms with Gasteiger partial charge in [0.25, 0.3) is 5.56 Å². The fraction of sp³-hybridized carbons (Fsp3) is 0.235. The number of aryl methyl sites for hydroxylation is 2. The summed E-state index contributed by atoms with van der Waals surface area (Å²) in [4.78, 5) is 28.4. The number of pyridine rings is 1. The van der Waals surface area contributed by atoms with Gasteiger partial charge in [-0.05, 0) is 31.2 Å². The van der Waals surface area contributed by atoms with E-state index in [-0.39, 0.29) is 11.1 Å². The van der Waals surface area contributed by atoms with Crippen molar-refractivity contribution >= 4 is 28.6 Å². The zero-order valence-corrected chi connectivity index (χ0v) is 14.2. The highest BCUT2D eigenvalue weighted by Gasteiger charge is 2.19. The predicted octanol–water partition coefficient (Wildman–Crippen LogP) is 2.84. The van der Waals surface area contributed by atoms with Gasteiger partial charge in [0.15, 0.2) is 11.9 Å². The van der Waals surface area contributed by atoms with E-state index in [2.05, 4.69) is 4.98 Å². The van der Waals surface area contributed by atoms with Gasteiger partial charge in [0, 0.05) is 31.4 Å². The molecule has 3 aromatic rings. The first kappa shape index (κ1) is 16.3. The third-order valence-electron chi connectivity index (χ3n) is 3.86. The Hall–Kier alpha value is -2.60. The van der Waals surface area contributed by atoms with Crippen molar-refractivity contribution in [1.82, 2.24) is 14.1 Å². The number of hydrogen-bond acceptors (Lipinski definition) is 4. The van der Waals surface area contributed by atoms with Crippen molar-refractivity contribution in [3.63, 3.8) is 0 Å². The van der Waals surface area contributed by atoms with E-state index in [0.29, 0.717) is 10.8 Å². The monoisotopic (exact) mass is 345 g/mol. The maximum absolute atomic E-state index is 12.2. The number of carbonyl (C=O) groups is 1. The summed E-state index contributed by atoms with van der Waals surface area (Å²) in [6.45, 7) is 1.74. The molecule has 0 spiro atoms. The second kappa shape index (κ2) is 6.13. The van der Waals surface area contributed by atoms with E-state index < -0.39 is 12.1 Å². The molecule has 1 aromatic carbocycles. The summed E-state index contributed by atoms with van der Waals surface area (Å²) >= 11 is 5.99. The average Bonchev–Trinajstić information content (AvgIpc) is 2.86. The molecule has 1 atom stereocenters. The Morgan fingerprint density at radius 3 is 2.71 bits per heavy atom. The topological polar surface area (TPSA) is 66.1 Å². The molecule has 0 radical (unpaired) electrons. The van der Waals surface area contributed by atoms with Crippen LogP contribution in [-0.4, -0.2) is 20.1 Å². The minimum Gasteiger partial charge on any atom is -0.451 e. The van der Waals surface area contributed by atoms with Crippen LogP contribution in [0.4, 0.5) is 0 Å². The standard InChI is InChI=1S/C17H16ClN3O3/c1-10(24-17(23)11-6-7-20(2)15(22)8-11)16-19-13-9-12(18)4-5-14(13)21(16)3/h4-10H,1-3H3. The summed E-state index contributed by atoms with van der Waals surface area (Å²) in [6, 6.07) is 8.21. The summed E-state index contributed by atoms with van der Waals surface area (Å²) in [5, 5.41) is 0.594. The summed E-state index contributed by atoms with van der Waals surface area (Å²) in [7, 11) is 3.46. The molecule has 2 aromatic heterocycles. The number of ether oxygens (including phenoxy) is 1. The molecule has 0 amide bonds. The molecule has 0 aliphatic heterocycles. The number of carbonyl (C=O) groups excluding carboxylic acids is 1. The molecule has 0 saturated heterocycles. The van der Waals surface area contributed by atoms with Gasteiger partial charge in [0.2, 0.25) is 0 Å². The van der Waals surface area contributed by atoms with Crippen molar-refractivity contribution in [2.75, 3.05) is 0 Å². The average molecular weight is 346 g/mol. The van der Waals surface area contributed by atoms with Crippen LogP contribution in [0, 0.1) is 0 Å². The lowest BCUT2D eigenvalue weighted by Gasteiger charge is -2.13. The molecule has 0 N–H and O–H groups in total. The van der Waals surface area contributed by atoms with Gasteiger partial charge in [-0.15, -0.1) is 0 Å². The van der Waals surface area contributed by atoms with Gasteiger partial charge in [-0.3, -0.25) is 4.79 Å². The molecule has 0 bridgehead atoms. The smallest absolute Gasteiger partial charge is 0.339 e. The highest BCUT2D eigenvalue weighted by atomic mass is 35.5. The van der Waals surface area contributed by atoms with Crippen molar-refractivity contribution in [1.29, 1.82) is 0 Å². The molecule has 24 heavy (non-hydrogen) atoms. The maximum atomic E-state index is 12.2. The summed E-state index contributed by atoms with van der Waals surface area (Å²) in [6.07, 6.45) is 0.957. The van der Waals surface area contributed by atoms with Gasteiger partial charge in [0.1, 0.15) is 0 Å². The van der Waals surface area contributed by atoms with Crippen LogP contribution in [0.2, 0.25) is 5.02 Å². The summed E-state index contributed by atoms with van der Waals surface area (Å²) in [5.74, 6) is 0.0368. The van der Waals surface area contributed by atoms with E-state index in [4.69, 9.17) is 16.3 Å². The lowest BCUT2D eigenvalue weighted by atomic mass is 10.2. The van der Waals surface area contributed by atoms with Crippen LogP contribution >= 0.6 is 11.6 Å². The van der Waals surface area contributed by atoms with Crippen molar-refractivity contribution in [2.45, 2.75) is 13.0 Å². The third-order valence-corrected chi connectivity index (χ3v) is 4.10. The van der Waals surface area contributed by atoms with Crippen LogP contribution < -0.4 is 5.56 Å². The fourth-order valence-corrected chi connectivity index (χ4v) is 2.68. The zero-order chi connectivity index (χ0) is 17.4. The largest absolute Gasteiger partial charge is 0.451 e. The number of hydrogen-bond donors (Lipinski definition) is 0. The Bertz CT molecular complexity index is 990. The lowest BCUT2D eigenvalue weighted by Crippen LogP contribution is -2.19. The molecule has 6 nitrogen and oxygen atoms in total. The number of rotatable bonds is 3. The quantitative estimate of drug-likeness (QED) is 0.685. The fourth-order valence-electron chi connectivity index (χ4n) is 2.51. The molecular formula is C17H16ClN3O3. The Kier molecular flexibility index (Phi) is 4.15. The van der Waals surface area contributed by atoms with E-state index in [1.807, 2.05) is 17.7 Å². The lowest BCUT2D eigenvalue weighted by molar-refractivity contribution is 0.0315. The number of halogens is 1. The Morgan fingerprint density at radius 2 is 2.00 bits per heavy atom. The highest BCUT2D eigenvalue weighted by molar-refractivity contribution is 6.31. The van der Waals surface area contributed by atoms with Crippen LogP contribution in [0.5, 0.6) is 0 Å². The van der Waals surface area contributed by atoms with Crippen LogP contribution in [-0.2, 0) is 18.8 Å². The Labute approximate surface area is 143 Å². The van der Waals surface area contributed by atoms with Gasteiger partial charge >= 0.3 is 5.97 Å². The van der Waals surface area contributed by atoms with E-state index in [9.17, 15) is 9.59 Å². The number of nitrogens with zero attached hydrogens (tertiary/aromatic N) is 3. The third kappa shape index (κ3) is 2.92. The van der Waals surface area contributed by atoms with Crippen molar-refractivity contribution in [3.8, 4) is 0 Å². The minimum atomic E-state index is -0.572. The van der Waals surface area contributed by atoms with Gasteiger partial charge < -0.3 is 13.9 Å². The molecule has 2 heterocycles. The van der Waals surface area contributed by atoms with E-state index in [1.165, 1.54) is 16.8 Å². The molecular weight excluding hydrogens is 330 g/mol. The maximum Gasteiger partial charge on any atom is 0.339 e. The van der Waals surface area contributed by atoms with Crippen LogP contribution in [0.25, 0.3) is 11.0 Å². The second-order valence-corrected chi connectivity index (χ2v) is 6.01. The molecule has 0 aliphatic rings. The first-order chi connectivity index (χ1) is 11.4. The number of aromatic nitrogens is 3. The van der Waals surface area contributed by atoms with E-state index in [0.717, 1.165) is 11.0 Å². The molecule has 3 rings (SSSR count). The molecule has 124 valence electrons. The van der Waals surface area contributed by atoms with Gasteiger partial charge in [-0.1, -0.05) is 11.6 Å². The number of esters is 1. The Balaban J connectivity index is 1.88. The number of benzene rings is 1. The summed E-state index contributed by atoms with van der Waals surface area (Å²) in [5.41, 5.74) is 1.57. The Morgan fingerprint density at radius 1 is 1.25 bits per heavy atom. The van der Waals surface area contributed by atoms with E-state index in [1.54, 1.807) is 32.2 Å². The van der Waals surface area contributed by atoms with Crippen LogP contribution in [0.1, 0.15) is 29.2 Å². The first-order valence-electron chi connectivity index (χ1n) is 7.36. The number of fused-ring (bicyclic) bond motifs is 1. The van der Waals surface area contributed by atoms with Gasteiger partial charge in [-0.2, -0.15) is 0 Å². The van der Waals surface area contributed by atoms with Gasteiger partial charge in [-0.25, -0.2) is 9.78 Å². The molecule has 1 unspecified atom stereocenters. The second-order valence-electron chi connectivity index (χ2n) is 5.57. The molecule has 7 heteroatoms. The SMILES string of the molecule is CC(OC(=O)c1ccn(C)c(=O)c1)c1nc2cc(Cl)ccc2n1C. The zero-order valence-electron chi connectivity index (χ0n) is 13.5. The minimum absolute atomic E-state index is 0.215. The highest BCUT2D eigenvalue weighted by Crippen LogP contribution is 2.24. The molecule has 0 saturated carbocycles. The first-order valence-corrected chi connectivity index (χ1v) is 7.74. The molecule has 0 aliphatic carbocycles. The predicted molar refractivity (Wildman–Crippen MR) is 91.2 cm³/mol. The van der Waals surface area contributed by atoms with E-state index >= 15 is 0 Å². The molecule has 0 fully saturated rings. The normalized spacial score (nSPS) is 12.3. The summed E-state index contributed by atoms with van der Waals surface area (Å²) < 4.78 is 8.69. The van der Waals surface area contributed by atoms with Crippen LogP contribution in [0.15, 0.2) is 41.3 Å². The van der Waals surface area contributed by atoms with Gasteiger partial charge in [0.05, 0.1) is 16.6 Å². The number of imidazole rings is 1. The van der Waals surface area contributed by atoms with Crippen molar-refractivity contribution in [3.05, 3.63) is 63.3 Å². The van der Waals surface area contributed by atoms with Crippen molar-refractivity contribution in [2.24, 2.45) is 14.1 Å². The van der Waals surface area contributed by atoms with Crippen molar-refractivity contribution < 1.29 is 9.53 Å².